The molecule has 0 atom stereocenters. The Morgan fingerprint density at radius 1 is 1.29 bits per heavy atom. The summed E-state index contributed by atoms with van der Waals surface area (Å²) in [4.78, 5) is 34.2. The first kappa shape index (κ1) is 15.7. The average molecular weight is 344 g/mol. The van der Waals surface area contributed by atoms with Crippen molar-refractivity contribution in [2.75, 3.05) is 5.32 Å². The Balaban J connectivity index is 1.81. The highest BCUT2D eigenvalue weighted by molar-refractivity contribution is 7.79. The first-order valence-electron chi connectivity index (χ1n) is 6.78. The number of aromatic amines is 2. The SMILES string of the molecule is O=C(Nc1ccc(-c2ncn[nH]2)cc1)c1c(O)nc(CS)[nH]c1=O. The average Bonchev–Trinajstić information content (AvgIpc) is 3.09. The summed E-state index contributed by atoms with van der Waals surface area (Å²) >= 11 is 3.95. The number of hydrogen-bond donors (Lipinski definition) is 5. The molecule has 10 heteroatoms. The third kappa shape index (κ3) is 3.13. The lowest BCUT2D eigenvalue weighted by Crippen LogP contribution is -2.25. The third-order valence-electron chi connectivity index (χ3n) is 3.16. The summed E-state index contributed by atoms with van der Waals surface area (Å²) in [5.41, 5.74) is 0.0357. The number of H-pyrrole nitrogens is 2. The van der Waals surface area contributed by atoms with Gasteiger partial charge in [0.2, 0.25) is 5.88 Å². The van der Waals surface area contributed by atoms with Crippen molar-refractivity contribution in [2.45, 2.75) is 5.75 Å². The Labute approximate surface area is 140 Å². The van der Waals surface area contributed by atoms with Crippen molar-refractivity contribution in [3.63, 3.8) is 0 Å². The Hall–Kier alpha value is -3.14. The summed E-state index contributed by atoms with van der Waals surface area (Å²) in [7, 11) is 0. The van der Waals surface area contributed by atoms with Crippen LogP contribution in [0.4, 0.5) is 5.69 Å². The minimum absolute atomic E-state index is 0.133. The number of aromatic hydroxyl groups is 1. The van der Waals surface area contributed by atoms with Gasteiger partial charge in [0.25, 0.3) is 11.5 Å². The Kier molecular flexibility index (Phi) is 4.29. The van der Waals surface area contributed by atoms with Crippen LogP contribution in [0.15, 0.2) is 35.4 Å². The van der Waals surface area contributed by atoms with E-state index in [-0.39, 0.29) is 11.6 Å². The van der Waals surface area contributed by atoms with Gasteiger partial charge in [-0.25, -0.2) is 4.98 Å². The largest absolute Gasteiger partial charge is 0.493 e. The highest BCUT2D eigenvalue weighted by atomic mass is 32.1. The fraction of sp³-hybridized carbons (Fsp3) is 0.0714. The van der Waals surface area contributed by atoms with E-state index >= 15 is 0 Å². The van der Waals surface area contributed by atoms with Crippen molar-refractivity contribution in [3.05, 3.63) is 52.3 Å². The van der Waals surface area contributed by atoms with E-state index in [0.29, 0.717) is 11.5 Å². The highest BCUT2D eigenvalue weighted by Crippen LogP contribution is 2.18. The fourth-order valence-corrected chi connectivity index (χ4v) is 2.19. The molecule has 3 aromatic rings. The van der Waals surface area contributed by atoms with Crippen molar-refractivity contribution in [3.8, 4) is 17.3 Å². The van der Waals surface area contributed by atoms with Gasteiger partial charge in [-0.15, -0.1) is 0 Å². The molecule has 9 nitrogen and oxygen atoms in total. The van der Waals surface area contributed by atoms with E-state index in [2.05, 4.69) is 43.1 Å². The number of amides is 1. The van der Waals surface area contributed by atoms with Crippen LogP contribution in [0.2, 0.25) is 0 Å². The van der Waals surface area contributed by atoms with Crippen LogP contribution in [0, 0.1) is 0 Å². The molecule has 0 unspecified atom stereocenters. The molecule has 0 bridgehead atoms. The number of hydrogen-bond acceptors (Lipinski definition) is 7. The van der Waals surface area contributed by atoms with Crippen LogP contribution in [0.1, 0.15) is 16.2 Å². The Morgan fingerprint density at radius 2 is 2.04 bits per heavy atom. The topological polar surface area (TPSA) is 137 Å². The maximum atomic E-state index is 12.2. The monoisotopic (exact) mass is 344 g/mol. The molecular weight excluding hydrogens is 332 g/mol. The number of aromatic nitrogens is 5. The van der Waals surface area contributed by atoms with Crippen LogP contribution in [-0.2, 0) is 5.75 Å². The normalized spacial score (nSPS) is 10.5. The van der Waals surface area contributed by atoms with Gasteiger partial charge < -0.3 is 15.4 Å². The van der Waals surface area contributed by atoms with Crippen LogP contribution in [0.25, 0.3) is 11.4 Å². The molecule has 2 heterocycles. The molecule has 122 valence electrons. The molecule has 0 aliphatic carbocycles. The second-order valence-corrected chi connectivity index (χ2v) is 5.05. The number of benzene rings is 1. The molecule has 0 aliphatic heterocycles. The molecule has 1 aromatic carbocycles. The Bertz CT molecular complexity index is 921. The minimum Gasteiger partial charge on any atom is -0.493 e. The molecule has 24 heavy (non-hydrogen) atoms. The molecule has 0 radical (unpaired) electrons. The zero-order valence-corrected chi connectivity index (χ0v) is 13.0. The van der Waals surface area contributed by atoms with Crippen molar-refractivity contribution < 1.29 is 9.90 Å². The molecule has 3 rings (SSSR count). The van der Waals surface area contributed by atoms with E-state index in [1.54, 1.807) is 24.3 Å². The molecule has 0 aliphatic rings. The summed E-state index contributed by atoms with van der Waals surface area (Å²) in [6, 6.07) is 6.72. The lowest BCUT2D eigenvalue weighted by atomic mass is 10.2. The molecule has 0 spiro atoms. The summed E-state index contributed by atoms with van der Waals surface area (Å²) in [6.07, 6.45) is 1.39. The van der Waals surface area contributed by atoms with E-state index in [9.17, 15) is 14.7 Å². The van der Waals surface area contributed by atoms with Gasteiger partial charge in [0, 0.05) is 17.0 Å². The number of thiol groups is 1. The first-order chi connectivity index (χ1) is 11.6. The second kappa shape index (κ2) is 6.54. The van der Waals surface area contributed by atoms with Crippen LogP contribution in [-0.4, -0.2) is 36.2 Å². The van der Waals surface area contributed by atoms with Gasteiger partial charge >= 0.3 is 0 Å². The smallest absolute Gasteiger partial charge is 0.267 e. The Morgan fingerprint density at radius 3 is 2.62 bits per heavy atom. The number of rotatable bonds is 4. The van der Waals surface area contributed by atoms with E-state index in [0.717, 1.165) is 5.56 Å². The van der Waals surface area contributed by atoms with Gasteiger partial charge in [0.05, 0.1) is 0 Å². The standard InChI is InChI=1S/C14H12N6O3S/c21-12(10-13(22)18-9(5-24)19-14(10)23)17-8-3-1-7(2-4-8)11-15-6-16-20-11/h1-4,6,24H,5H2,(H,17,21)(H,15,16,20)(H2,18,19,22,23). The van der Waals surface area contributed by atoms with E-state index in [4.69, 9.17) is 0 Å². The molecule has 4 N–H and O–H groups in total. The maximum absolute atomic E-state index is 12.2. The van der Waals surface area contributed by atoms with Gasteiger partial charge in [0.1, 0.15) is 12.2 Å². The van der Waals surface area contributed by atoms with E-state index in [1.807, 2.05) is 0 Å². The predicted molar refractivity (Wildman–Crippen MR) is 89.0 cm³/mol. The van der Waals surface area contributed by atoms with Gasteiger partial charge in [-0.1, -0.05) is 0 Å². The number of carbonyl (C=O) groups is 1. The highest BCUT2D eigenvalue weighted by Gasteiger charge is 2.18. The van der Waals surface area contributed by atoms with Gasteiger partial charge in [0.15, 0.2) is 11.4 Å². The van der Waals surface area contributed by atoms with Crippen LogP contribution in [0.3, 0.4) is 0 Å². The summed E-state index contributed by atoms with van der Waals surface area (Å²) < 4.78 is 0. The molecule has 0 fully saturated rings. The van der Waals surface area contributed by atoms with Crippen molar-refractivity contribution in [2.24, 2.45) is 0 Å². The summed E-state index contributed by atoms with van der Waals surface area (Å²) in [5, 5.41) is 18.8. The van der Waals surface area contributed by atoms with E-state index < -0.39 is 22.9 Å². The number of anilines is 1. The van der Waals surface area contributed by atoms with Crippen LogP contribution >= 0.6 is 12.6 Å². The molecule has 2 aromatic heterocycles. The number of nitrogens with zero attached hydrogens (tertiary/aromatic N) is 3. The molecule has 1 amide bonds. The van der Waals surface area contributed by atoms with Gasteiger partial charge in [-0.3, -0.25) is 14.7 Å². The fourth-order valence-electron chi connectivity index (χ4n) is 2.04. The zero-order chi connectivity index (χ0) is 17.1. The minimum atomic E-state index is -0.764. The molecular formula is C14H12N6O3S. The lowest BCUT2D eigenvalue weighted by molar-refractivity contribution is 0.102. The van der Waals surface area contributed by atoms with Crippen molar-refractivity contribution in [1.82, 2.24) is 25.1 Å². The number of nitrogens with one attached hydrogen (secondary N) is 3. The van der Waals surface area contributed by atoms with Crippen LogP contribution < -0.4 is 10.9 Å². The third-order valence-corrected chi connectivity index (χ3v) is 3.46. The predicted octanol–water partition coefficient (Wildman–Crippen LogP) is 0.943. The second-order valence-electron chi connectivity index (χ2n) is 4.73. The lowest BCUT2D eigenvalue weighted by Gasteiger charge is -2.07. The van der Waals surface area contributed by atoms with Gasteiger partial charge in [-0.05, 0) is 24.3 Å². The first-order valence-corrected chi connectivity index (χ1v) is 7.42. The van der Waals surface area contributed by atoms with Gasteiger partial charge in [-0.2, -0.15) is 22.7 Å². The van der Waals surface area contributed by atoms with Crippen molar-refractivity contribution in [1.29, 1.82) is 0 Å². The summed E-state index contributed by atoms with van der Waals surface area (Å²) in [6.45, 7) is 0. The zero-order valence-electron chi connectivity index (χ0n) is 12.1. The molecule has 0 saturated heterocycles. The van der Waals surface area contributed by atoms with Crippen LogP contribution in [0.5, 0.6) is 5.88 Å². The maximum Gasteiger partial charge on any atom is 0.267 e. The molecule has 0 saturated carbocycles. The van der Waals surface area contributed by atoms with E-state index in [1.165, 1.54) is 6.33 Å². The van der Waals surface area contributed by atoms with Crippen molar-refractivity contribution >= 4 is 24.2 Å². The summed E-state index contributed by atoms with van der Waals surface area (Å²) in [5.74, 6) is -0.506. The number of carbonyl (C=O) groups excluding carboxylic acids is 1. The quantitative estimate of drug-likeness (QED) is 0.447.